The highest BCUT2D eigenvalue weighted by atomic mass is 32.2. The van der Waals surface area contributed by atoms with E-state index in [-0.39, 0.29) is 15.5 Å². The lowest BCUT2D eigenvalue weighted by Crippen LogP contribution is -2.02. The molecule has 160 valence electrons. The fourth-order valence-electron chi connectivity index (χ4n) is 3.26. The summed E-state index contributed by atoms with van der Waals surface area (Å²) in [4.78, 5) is 0.379. The molecule has 0 atom stereocenters. The van der Waals surface area contributed by atoms with Crippen LogP contribution in [0.2, 0.25) is 0 Å². The molecule has 0 spiro atoms. The molecule has 4 nitrogen and oxygen atoms in total. The number of unbranched alkanes of at least 4 members (excludes halogenated alkanes) is 9. The molecule has 0 heterocycles. The molecule has 0 fully saturated rings. The molecule has 2 rings (SSSR count). The Bertz CT molecular complexity index is 796. The van der Waals surface area contributed by atoms with Crippen LogP contribution >= 0.6 is 0 Å². The molecule has 5 heteroatoms. The van der Waals surface area contributed by atoms with Gasteiger partial charge in [0.1, 0.15) is 11.5 Å². The zero-order valence-electron chi connectivity index (χ0n) is 17.5. The fourth-order valence-corrected chi connectivity index (χ4v) is 4.52. The third kappa shape index (κ3) is 8.09. The molecule has 2 aromatic rings. The van der Waals surface area contributed by atoms with E-state index in [1.807, 2.05) is 0 Å². The highest BCUT2D eigenvalue weighted by molar-refractivity contribution is 7.91. The van der Waals surface area contributed by atoms with E-state index in [9.17, 15) is 13.5 Å². The number of phenolic OH excluding ortho intramolecular Hbond substituents is 1. The van der Waals surface area contributed by atoms with Crippen molar-refractivity contribution in [2.24, 2.45) is 0 Å². The maximum Gasteiger partial charge on any atom is 0.206 e. The average Bonchev–Trinajstić information content (AvgIpc) is 2.73. The Morgan fingerprint density at radius 3 is 1.66 bits per heavy atom. The van der Waals surface area contributed by atoms with Gasteiger partial charge in [-0.3, -0.25) is 0 Å². The highest BCUT2D eigenvalue weighted by Crippen LogP contribution is 2.24. The molecule has 2 aromatic carbocycles. The topological polar surface area (TPSA) is 63.6 Å². The van der Waals surface area contributed by atoms with E-state index in [4.69, 9.17) is 4.74 Å². The number of sulfone groups is 1. The summed E-state index contributed by atoms with van der Waals surface area (Å²) >= 11 is 0. The number of phenols is 1. The van der Waals surface area contributed by atoms with Crippen molar-refractivity contribution in [2.75, 3.05) is 6.61 Å². The van der Waals surface area contributed by atoms with Gasteiger partial charge in [0.05, 0.1) is 16.4 Å². The van der Waals surface area contributed by atoms with E-state index in [1.54, 1.807) is 24.3 Å². The molecule has 0 unspecified atom stereocenters. The SMILES string of the molecule is CCCCCCCCCCCCOc1ccc(S(=O)(=O)c2ccc(O)cc2)cc1. The van der Waals surface area contributed by atoms with Crippen LogP contribution in [0.1, 0.15) is 71.1 Å². The fraction of sp³-hybridized carbons (Fsp3) is 0.500. The molecular formula is C24H34O4S. The Morgan fingerprint density at radius 2 is 1.14 bits per heavy atom. The zero-order valence-corrected chi connectivity index (χ0v) is 18.3. The van der Waals surface area contributed by atoms with Crippen molar-refractivity contribution in [3.63, 3.8) is 0 Å². The van der Waals surface area contributed by atoms with Crippen molar-refractivity contribution in [2.45, 2.75) is 80.9 Å². The molecule has 0 aliphatic carbocycles. The van der Waals surface area contributed by atoms with E-state index in [1.165, 1.54) is 82.1 Å². The Balaban J connectivity index is 1.66. The second-order valence-corrected chi connectivity index (χ2v) is 9.45. The molecule has 29 heavy (non-hydrogen) atoms. The van der Waals surface area contributed by atoms with Gasteiger partial charge in [-0.1, -0.05) is 64.7 Å². The van der Waals surface area contributed by atoms with Crippen molar-refractivity contribution in [1.29, 1.82) is 0 Å². The van der Waals surface area contributed by atoms with Crippen molar-refractivity contribution in [1.82, 2.24) is 0 Å². The molecule has 0 amide bonds. The molecule has 0 radical (unpaired) electrons. The summed E-state index contributed by atoms with van der Waals surface area (Å²) in [5.74, 6) is 0.727. The van der Waals surface area contributed by atoms with Gasteiger partial charge in [-0.25, -0.2) is 8.42 Å². The van der Waals surface area contributed by atoms with Crippen molar-refractivity contribution in [3.8, 4) is 11.5 Å². The first-order valence-electron chi connectivity index (χ1n) is 10.8. The number of rotatable bonds is 14. The van der Waals surface area contributed by atoms with Gasteiger partial charge in [0.25, 0.3) is 0 Å². The number of hydrogen-bond donors (Lipinski definition) is 1. The van der Waals surface area contributed by atoms with Crippen LogP contribution in [0.4, 0.5) is 0 Å². The van der Waals surface area contributed by atoms with E-state index >= 15 is 0 Å². The van der Waals surface area contributed by atoms with Crippen LogP contribution < -0.4 is 4.74 Å². The predicted molar refractivity (Wildman–Crippen MR) is 117 cm³/mol. The maximum atomic E-state index is 12.6. The highest BCUT2D eigenvalue weighted by Gasteiger charge is 2.17. The third-order valence-electron chi connectivity index (χ3n) is 5.05. The molecule has 0 bridgehead atoms. The second kappa shape index (κ2) is 12.5. The van der Waals surface area contributed by atoms with Crippen molar-refractivity contribution in [3.05, 3.63) is 48.5 Å². The standard InChI is InChI=1S/C24H34O4S/c1-2-3-4-5-6-7-8-9-10-11-20-28-22-14-18-24(19-15-22)29(26,27)23-16-12-21(25)13-17-23/h12-19,25H,2-11,20H2,1H3. The van der Waals surface area contributed by atoms with Gasteiger partial charge >= 0.3 is 0 Å². The number of benzene rings is 2. The molecule has 0 saturated carbocycles. The van der Waals surface area contributed by atoms with Crippen LogP contribution in [0.3, 0.4) is 0 Å². The number of ether oxygens (including phenoxy) is 1. The Labute approximate surface area is 175 Å². The Kier molecular flexibility index (Phi) is 10.1. The third-order valence-corrected chi connectivity index (χ3v) is 6.83. The normalized spacial score (nSPS) is 11.5. The lowest BCUT2D eigenvalue weighted by molar-refractivity contribution is 0.304. The predicted octanol–water partition coefficient (Wildman–Crippen LogP) is 6.52. The summed E-state index contributed by atoms with van der Waals surface area (Å²) in [6, 6.07) is 12.1. The molecule has 1 N–H and O–H groups in total. The largest absolute Gasteiger partial charge is 0.508 e. The van der Waals surface area contributed by atoms with Gasteiger partial charge in [0, 0.05) is 0 Å². The van der Waals surface area contributed by atoms with Crippen LogP contribution in [0.25, 0.3) is 0 Å². The lowest BCUT2D eigenvalue weighted by atomic mass is 10.1. The van der Waals surface area contributed by atoms with E-state index in [0.29, 0.717) is 12.4 Å². The minimum Gasteiger partial charge on any atom is -0.508 e. The molecule has 0 aromatic heterocycles. The van der Waals surface area contributed by atoms with E-state index < -0.39 is 9.84 Å². The molecule has 0 aliphatic rings. The minimum absolute atomic E-state index is 0.0414. The van der Waals surface area contributed by atoms with Crippen molar-refractivity contribution < 1.29 is 18.3 Å². The van der Waals surface area contributed by atoms with E-state index in [0.717, 1.165) is 6.42 Å². The monoisotopic (exact) mass is 418 g/mol. The number of aromatic hydroxyl groups is 1. The molecular weight excluding hydrogens is 384 g/mol. The van der Waals surface area contributed by atoms with E-state index in [2.05, 4.69) is 6.92 Å². The quantitative estimate of drug-likeness (QED) is 0.355. The zero-order chi connectivity index (χ0) is 21.0. The van der Waals surface area contributed by atoms with Crippen LogP contribution in [-0.4, -0.2) is 20.1 Å². The summed E-state index contributed by atoms with van der Waals surface area (Å²) in [7, 11) is -3.58. The number of hydrogen-bond acceptors (Lipinski definition) is 4. The molecule has 0 aliphatic heterocycles. The Hall–Kier alpha value is -2.01. The van der Waals surface area contributed by atoms with Gasteiger partial charge in [-0.05, 0) is 55.0 Å². The second-order valence-electron chi connectivity index (χ2n) is 7.50. The minimum atomic E-state index is -3.58. The maximum absolute atomic E-state index is 12.6. The summed E-state index contributed by atoms with van der Waals surface area (Å²) in [6.07, 6.45) is 12.8. The van der Waals surface area contributed by atoms with Crippen LogP contribution in [0.5, 0.6) is 11.5 Å². The van der Waals surface area contributed by atoms with Gasteiger partial charge < -0.3 is 9.84 Å². The average molecular weight is 419 g/mol. The van der Waals surface area contributed by atoms with Crippen LogP contribution in [0, 0.1) is 0 Å². The van der Waals surface area contributed by atoms with Gasteiger partial charge in [0.2, 0.25) is 9.84 Å². The summed E-state index contributed by atoms with van der Waals surface area (Å²) in [6.45, 7) is 2.90. The first-order chi connectivity index (χ1) is 14.0. The Morgan fingerprint density at radius 1 is 0.690 bits per heavy atom. The summed E-state index contributed by atoms with van der Waals surface area (Å²) in [5.41, 5.74) is 0. The van der Waals surface area contributed by atoms with Gasteiger partial charge in [0.15, 0.2) is 0 Å². The van der Waals surface area contributed by atoms with Crippen LogP contribution in [-0.2, 0) is 9.84 Å². The first-order valence-corrected chi connectivity index (χ1v) is 12.3. The van der Waals surface area contributed by atoms with Gasteiger partial charge in [-0.15, -0.1) is 0 Å². The lowest BCUT2D eigenvalue weighted by Gasteiger charge is -2.08. The van der Waals surface area contributed by atoms with Crippen LogP contribution in [0.15, 0.2) is 58.3 Å². The van der Waals surface area contributed by atoms with Crippen molar-refractivity contribution >= 4 is 9.84 Å². The summed E-state index contributed by atoms with van der Waals surface area (Å²) < 4.78 is 30.9. The molecule has 0 saturated heterocycles. The van der Waals surface area contributed by atoms with Gasteiger partial charge in [-0.2, -0.15) is 0 Å². The summed E-state index contributed by atoms with van der Waals surface area (Å²) in [5, 5.41) is 9.32. The first kappa shape index (κ1) is 23.3. The smallest absolute Gasteiger partial charge is 0.206 e.